The molecule has 2 aromatic rings. The maximum atomic E-state index is 12.1. The summed E-state index contributed by atoms with van der Waals surface area (Å²) in [6.45, 7) is 2.77. The summed E-state index contributed by atoms with van der Waals surface area (Å²) in [5, 5.41) is 0. The van der Waals surface area contributed by atoms with Gasteiger partial charge in [0.15, 0.2) is 0 Å². The van der Waals surface area contributed by atoms with Crippen molar-refractivity contribution < 1.29 is 13.9 Å². The number of para-hydroxylation sites is 1. The van der Waals surface area contributed by atoms with E-state index < -0.39 is 0 Å². The molecule has 4 nitrogen and oxygen atoms in total. The first-order valence-electron chi connectivity index (χ1n) is 6.16. The Balaban J connectivity index is 1.83. The van der Waals surface area contributed by atoms with Crippen LogP contribution in [0, 0.1) is 6.92 Å². The fraction of sp³-hybridized carbons (Fsp3) is 0.267. The van der Waals surface area contributed by atoms with Gasteiger partial charge in [0.05, 0.1) is 18.4 Å². The van der Waals surface area contributed by atoms with Crippen LogP contribution < -0.4 is 4.74 Å². The van der Waals surface area contributed by atoms with Crippen molar-refractivity contribution in [1.82, 2.24) is 4.90 Å². The lowest BCUT2D eigenvalue weighted by molar-refractivity contribution is 0.0772. The first-order chi connectivity index (χ1) is 9.18. The molecule has 0 bridgehead atoms. The normalized spacial score (nSPS) is 10.2. The Labute approximate surface area is 112 Å². The van der Waals surface area contributed by atoms with Crippen molar-refractivity contribution in [3.05, 3.63) is 54.0 Å². The molecule has 19 heavy (non-hydrogen) atoms. The van der Waals surface area contributed by atoms with Crippen LogP contribution in [0.4, 0.5) is 0 Å². The fourth-order valence-corrected chi connectivity index (χ4v) is 1.73. The topological polar surface area (TPSA) is 42.7 Å². The number of benzene rings is 1. The minimum atomic E-state index is -0.0529. The molecule has 0 N–H and O–H groups in total. The number of aryl methyl sites for hydroxylation is 1. The van der Waals surface area contributed by atoms with Crippen molar-refractivity contribution in [3.63, 3.8) is 0 Å². The van der Waals surface area contributed by atoms with Crippen molar-refractivity contribution in [2.45, 2.75) is 6.92 Å². The molecule has 0 aliphatic rings. The van der Waals surface area contributed by atoms with Crippen LogP contribution in [0.15, 0.2) is 47.1 Å². The summed E-state index contributed by atoms with van der Waals surface area (Å²) in [4.78, 5) is 13.7. The monoisotopic (exact) mass is 259 g/mol. The standard InChI is InChI=1S/C15H17NO3/c1-12-14(8-10-18-12)15(17)16(2)9-11-19-13-6-4-3-5-7-13/h3-8,10H,9,11H2,1-2H3. The predicted octanol–water partition coefficient (Wildman–Crippen LogP) is 2.74. The zero-order chi connectivity index (χ0) is 13.7. The lowest BCUT2D eigenvalue weighted by Gasteiger charge is -2.17. The fourth-order valence-electron chi connectivity index (χ4n) is 1.73. The van der Waals surface area contributed by atoms with Gasteiger partial charge in [-0.25, -0.2) is 0 Å². The molecule has 100 valence electrons. The highest BCUT2D eigenvalue weighted by atomic mass is 16.5. The van der Waals surface area contributed by atoms with Gasteiger partial charge < -0.3 is 14.1 Å². The number of hydrogen-bond donors (Lipinski definition) is 0. The molecule has 0 spiro atoms. The number of furan rings is 1. The van der Waals surface area contributed by atoms with E-state index in [-0.39, 0.29) is 5.91 Å². The van der Waals surface area contributed by atoms with E-state index in [9.17, 15) is 4.79 Å². The Kier molecular flexibility index (Phi) is 4.23. The van der Waals surface area contributed by atoms with Crippen LogP contribution in [0.25, 0.3) is 0 Å². The summed E-state index contributed by atoms with van der Waals surface area (Å²) in [5.41, 5.74) is 0.599. The number of carbonyl (C=O) groups excluding carboxylic acids is 1. The number of rotatable bonds is 5. The molecule has 0 atom stereocenters. The molecular weight excluding hydrogens is 242 g/mol. The van der Waals surface area contributed by atoms with Gasteiger partial charge in [0.25, 0.3) is 5.91 Å². The molecule has 1 amide bonds. The maximum absolute atomic E-state index is 12.1. The molecule has 1 heterocycles. The Morgan fingerprint density at radius 3 is 2.63 bits per heavy atom. The van der Waals surface area contributed by atoms with E-state index in [1.54, 1.807) is 24.9 Å². The zero-order valence-corrected chi connectivity index (χ0v) is 11.1. The van der Waals surface area contributed by atoms with Crippen molar-refractivity contribution in [2.24, 2.45) is 0 Å². The summed E-state index contributed by atoms with van der Waals surface area (Å²) >= 11 is 0. The van der Waals surface area contributed by atoms with Gasteiger partial charge in [-0.1, -0.05) is 18.2 Å². The summed E-state index contributed by atoms with van der Waals surface area (Å²) in [5.74, 6) is 1.39. The second-order valence-electron chi connectivity index (χ2n) is 4.28. The van der Waals surface area contributed by atoms with Crippen molar-refractivity contribution in [2.75, 3.05) is 20.2 Å². The van der Waals surface area contributed by atoms with Gasteiger partial charge in [-0.3, -0.25) is 4.79 Å². The van der Waals surface area contributed by atoms with E-state index >= 15 is 0 Å². The van der Waals surface area contributed by atoms with E-state index in [0.717, 1.165) is 5.75 Å². The van der Waals surface area contributed by atoms with E-state index in [2.05, 4.69) is 0 Å². The zero-order valence-electron chi connectivity index (χ0n) is 11.1. The average Bonchev–Trinajstić information content (AvgIpc) is 2.85. The molecule has 0 unspecified atom stereocenters. The van der Waals surface area contributed by atoms with Crippen molar-refractivity contribution >= 4 is 5.91 Å². The third-order valence-electron chi connectivity index (χ3n) is 2.87. The summed E-state index contributed by atoms with van der Waals surface area (Å²) in [6.07, 6.45) is 1.52. The Morgan fingerprint density at radius 2 is 2.00 bits per heavy atom. The predicted molar refractivity (Wildman–Crippen MR) is 72.3 cm³/mol. The van der Waals surface area contributed by atoms with E-state index in [0.29, 0.717) is 24.5 Å². The van der Waals surface area contributed by atoms with Crippen LogP contribution in [0.2, 0.25) is 0 Å². The van der Waals surface area contributed by atoms with Crippen LogP contribution in [-0.4, -0.2) is 31.0 Å². The molecule has 1 aromatic heterocycles. The third-order valence-corrected chi connectivity index (χ3v) is 2.87. The molecule has 2 rings (SSSR count). The Morgan fingerprint density at radius 1 is 1.26 bits per heavy atom. The number of hydrogen-bond acceptors (Lipinski definition) is 3. The highest BCUT2D eigenvalue weighted by Gasteiger charge is 2.15. The lowest BCUT2D eigenvalue weighted by atomic mass is 10.2. The van der Waals surface area contributed by atoms with Crippen LogP contribution in [0.5, 0.6) is 5.75 Å². The van der Waals surface area contributed by atoms with Gasteiger partial charge in [-0.05, 0) is 25.1 Å². The van der Waals surface area contributed by atoms with E-state index in [1.807, 2.05) is 30.3 Å². The second-order valence-corrected chi connectivity index (χ2v) is 4.28. The van der Waals surface area contributed by atoms with E-state index in [4.69, 9.17) is 9.15 Å². The number of ether oxygens (including phenoxy) is 1. The Hall–Kier alpha value is -2.23. The van der Waals surface area contributed by atoms with Gasteiger partial charge in [0.2, 0.25) is 0 Å². The number of likely N-dealkylation sites (N-methyl/N-ethyl adjacent to an activating group) is 1. The van der Waals surface area contributed by atoms with Gasteiger partial charge in [0.1, 0.15) is 18.1 Å². The molecule has 1 aromatic carbocycles. The molecule has 0 saturated heterocycles. The molecule has 0 aliphatic heterocycles. The average molecular weight is 259 g/mol. The Bertz CT molecular complexity index is 533. The smallest absolute Gasteiger partial charge is 0.257 e. The molecule has 0 radical (unpaired) electrons. The van der Waals surface area contributed by atoms with E-state index in [1.165, 1.54) is 6.26 Å². The minimum absolute atomic E-state index is 0.0529. The molecule has 4 heteroatoms. The first-order valence-corrected chi connectivity index (χ1v) is 6.16. The SMILES string of the molecule is Cc1occc1C(=O)N(C)CCOc1ccccc1. The van der Waals surface area contributed by atoms with Crippen molar-refractivity contribution in [3.8, 4) is 5.75 Å². The molecule has 0 saturated carbocycles. The van der Waals surface area contributed by atoms with Gasteiger partial charge in [-0.15, -0.1) is 0 Å². The lowest BCUT2D eigenvalue weighted by Crippen LogP contribution is -2.31. The molecule has 0 aliphatic carbocycles. The van der Waals surface area contributed by atoms with Gasteiger partial charge in [0, 0.05) is 7.05 Å². The van der Waals surface area contributed by atoms with Crippen LogP contribution >= 0.6 is 0 Å². The van der Waals surface area contributed by atoms with Crippen LogP contribution in [0.3, 0.4) is 0 Å². The third kappa shape index (κ3) is 3.37. The number of amides is 1. The summed E-state index contributed by atoms with van der Waals surface area (Å²) in [7, 11) is 1.75. The van der Waals surface area contributed by atoms with Crippen molar-refractivity contribution in [1.29, 1.82) is 0 Å². The number of nitrogens with zero attached hydrogens (tertiary/aromatic N) is 1. The summed E-state index contributed by atoms with van der Waals surface area (Å²) < 4.78 is 10.7. The highest BCUT2D eigenvalue weighted by Crippen LogP contribution is 2.12. The van der Waals surface area contributed by atoms with Crippen LogP contribution in [0.1, 0.15) is 16.1 Å². The largest absolute Gasteiger partial charge is 0.492 e. The highest BCUT2D eigenvalue weighted by molar-refractivity contribution is 5.94. The first kappa shape index (κ1) is 13.2. The van der Waals surface area contributed by atoms with Gasteiger partial charge >= 0.3 is 0 Å². The second kappa shape index (κ2) is 6.09. The van der Waals surface area contributed by atoms with Crippen LogP contribution in [-0.2, 0) is 0 Å². The maximum Gasteiger partial charge on any atom is 0.257 e. The quantitative estimate of drug-likeness (QED) is 0.829. The minimum Gasteiger partial charge on any atom is -0.492 e. The summed E-state index contributed by atoms with van der Waals surface area (Å²) in [6, 6.07) is 11.2. The molecular formula is C15H17NO3. The van der Waals surface area contributed by atoms with Gasteiger partial charge in [-0.2, -0.15) is 0 Å². The molecule has 0 fully saturated rings. The number of carbonyl (C=O) groups is 1.